The highest BCUT2D eigenvalue weighted by molar-refractivity contribution is 7.80. The highest BCUT2D eigenvalue weighted by Gasteiger charge is 2.58. The first-order valence-electron chi connectivity index (χ1n) is 10.8. The summed E-state index contributed by atoms with van der Waals surface area (Å²) in [5, 5.41) is 7.84. The standard InChI is InChI=1S/C24H27Cl2N3O3S/c1-13-6-7-18(14(2)10-13)27-22(30)19-20-16-11-15(25)12-17(26)21(16)32-24(19,3)29(23(33)28-20)8-5-9-31-4/h6-7,10-12,19-20H,5,8-9H2,1-4H3,(H,27,30)(H,28,33)/t19-,20+,24+/m1/s1. The van der Waals surface area contributed by atoms with Crippen LogP contribution >= 0.6 is 35.4 Å². The zero-order valence-electron chi connectivity index (χ0n) is 19.0. The number of fused-ring (bicyclic) bond motifs is 4. The first-order chi connectivity index (χ1) is 15.7. The highest BCUT2D eigenvalue weighted by atomic mass is 35.5. The molecule has 0 saturated carbocycles. The number of amides is 1. The summed E-state index contributed by atoms with van der Waals surface area (Å²) in [6.07, 6.45) is 0.717. The molecule has 2 aromatic rings. The van der Waals surface area contributed by atoms with E-state index in [9.17, 15) is 4.79 Å². The van der Waals surface area contributed by atoms with Crippen molar-refractivity contribution < 1.29 is 14.3 Å². The Balaban J connectivity index is 1.77. The molecule has 176 valence electrons. The van der Waals surface area contributed by atoms with Gasteiger partial charge in [0.2, 0.25) is 5.91 Å². The third-order valence-electron chi connectivity index (χ3n) is 6.30. The van der Waals surface area contributed by atoms with Crippen LogP contribution in [0.1, 0.15) is 36.1 Å². The van der Waals surface area contributed by atoms with Gasteiger partial charge in [0, 0.05) is 36.5 Å². The number of ether oxygens (including phenoxy) is 2. The van der Waals surface area contributed by atoms with Crippen molar-refractivity contribution >= 4 is 52.1 Å². The molecule has 0 radical (unpaired) electrons. The number of thiocarbonyl (C=S) groups is 1. The minimum atomic E-state index is -1.06. The van der Waals surface area contributed by atoms with Gasteiger partial charge in [-0.25, -0.2) is 0 Å². The van der Waals surface area contributed by atoms with Gasteiger partial charge in [0.1, 0.15) is 11.7 Å². The molecular weight excluding hydrogens is 481 g/mol. The lowest BCUT2D eigenvalue weighted by molar-refractivity contribution is -0.149. The lowest BCUT2D eigenvalue weighted by atomic mass is 9.78. The molecule has 1 fully saturated rings. The number of rotatable bonds is 6. The quantitative estimate of drug-likeness (QED) is 0.411. The van der Waals surface area contributed by atoms with Crippen molar-refractivity contribution in [2.75, 3.05) is 25.6 Å². The molecule has 33 heavy (non-hydrogen) atoms. The Morgan fingerprint density at radius 2 is 2.06 bits per heavy atom. The number of anilines is 1. The molecule has 2 heterocycles. The van der Waals surface area contributed by atoms with Gasteiger partial charge < -0.3 is 25.0 Å². The van der Waals surface area contributed by atoms with Gasteiger partial charge in [0.05, 0.1) is 11.1 Å². The van der Waals surface area contributed by atoms with Crippen LogP contribution in [0.15, 0.2) is 30.3 Å². The third-order valence-corrected chi connectivity index (χ3v) is 7.14. The van der Waals surface area contributed by atoms with Gasteiger partial charge in [-0.15, -0.1) is 0 Å². The van der Waals surface area contributed by atoms with Crippen LogP contribution in [0.3, 0.4) is 0 Å². The van der Waals surface area contributed by atoms with Gasteiger partial charge in [-0.05, 0) is 63.2 Å². The number of hydrogen-bond donors (Lipinski definition) is 2. The van der Waals surface area contributed by atoms with E-state index in [1.165, 1.54) is 0 Å². The summed E-state index contributed by atoms with van der Waals surface area (Å²) in [4.78, 5) is 15.7. The number of benzene rings is 2. The van der Waals surface area contributed by atoms with E-state index < -0.39 is 17.7 Å². The lowest BCUT2D eigenvalue weighted by Crippen LogP contribution is -2.71. The Morgan fingerprint density at radius 3 is 2.76 bits per heavy atom. The van der Waals surface area contributed by atoms with Crippen molar-refractivity contribution in [2.45, 2.75) is 39.0 Å². The van der Waals surface area contributed by atoms with Crippen molar-refractivity contribution in [1.82, 2.24) is 10.2 Å². The normalized spacial score (nSPS) is 23.5. The summed E-state index contributed by atoms with van der Waals surface area (Å²) in [7, 11) is 1.65. The molecule has 2 aliphatic heterocycles. The van der Waals surface area contributed by atoms with Crippen molar-refractivity contribution in [3.8, 4) is 5.75 Å². The van der Waals surface area contributed by atoms with Gasteiger partial charge in [0.15, 0.2) is 10.8 Å². The second kappa shape index (κ2) is 9.29. The Morgan fingerprint density at radius 1 is 1.30 bits per heavy atom. The van der Waals surface area contributed by atoms with Gasteiger partial charge in [-0.3, -0.25) is 4.79 Å². The lowest BCUT2D eigenvalue weighted by Gasteiger charge is -2.56. The summed E-state index contributed by atoms with van der Waals surface area (Å²) in [5.74, 6) is -0.298. The van der Waals surface area contributed by atoms with E-state index in [-0.39, 0.29) is 5.91 Å². The summed E-state index contributed by atoms with van der Waals surface area (Å²) < 4.78 is 11.7. The van der Waals surface area contributed by atoms with E-state index in [1.807, 2.05) is 43.9 Å². The van der Waals surface area contributed by atoms with E-state index in [4.69, 9.17) is 44.9 Å². The molecular formula is C24H27Cl2N3O3S. The van der Waals surface area contributed by atoms with Crippen LogP contribution in [-0.4, -0.2) is 41.9 Å². The van der Waals surface area contributed by atoms with Gasteiger partial charge in [-0.1, -0.05) is 40.9 Å². The molecule has 2 N–H and O–H groups in total. The smallest absolute Gasteiger partial charge is 0.236 e. The molecule has 2 bridgehead atoms. The minimum absolute atomic E-state index is 0.178. The average Bonchev–Trinajstić information content (AvgIpc) is 2.73. The zero-order chi connectivity index (χ0) is 23.9. The van der Waals surface area contributed by atoms with Crippen molar-refractivity contribution in [3.63, 3.8) is 0 Å². The summed E-state index contributed by atoms with van der Waals surface area (Å²) >= 11 is 18.5. The molecule has 0 spiro atoms. The molecule has 6 nitrogen and oxygen atoms in total. The van der Waals surface area contributed by atoms with Crippen LogP contribution in [0.25, 0.3) is 0 Å². The van der Waals surface area contributed by atoms with Crippen molar-refractivity contribution in [1.29, 1.82) is 0 Å². The van der Waals surface area contributed by atoms with Gasteiger partial charge >= 0.3 is 0 Å². The van der Waals surface area contributed by atoms with Crippen LogP contribution in [-0.2, 0) is 9.53 Å². The molecule has 3 atom stereocenters. The van der Waals surface area contributed by atoms with Crippen LogP contribution in [0.2, 0.25) is 10.0 Å². The Hall–Kier alpha value is -2.06. The number of hydrogen-bond acceptors (Lipinski definition) is 4. The maximum absolute atomic E-state index is 13.8. The largest absolute Gasteiger partial charge is 0.465 e. The topological polar surface area (TPSA) is 62.8 Å². The van der Waals surface area contributed by atoms with E-state index >= 15 is 0 Å². The van der Waals surface area contributed by atoms with Crippen molar-refractivity contribution in [3.05, 3.63) is 57.1 Å². The monoisotopic (exact) mass is 507 g/mol. The predicted molar refractivity (Wildman–Crippen MR) is 135 cm³/mol. The second-order valence-corrected chi connectivity index (χ2v) is 9.90. The highest BCUT2D eigenvalue weighted by Crippen LogP contribution is 2.51. The van der Waals surface area contributed by atoms with Gasteiger partial charge in [0.25, 0.3) is 0 Å². The van der Waals surface area contributed by atoms with E-state index in [1.54, 1.807) is 19.2 Å². The number of nitrogens with one attached hydrogen (secondary N) is 2. The average molecular weight is 508 g/mol. The second-order valence-electron chi connectivity index (χ2n) is 8.67. The van der Waals surface area contributed by atoms with Crippen LogP contribution in [0, 0.1) is 19.8 Å². The maximum Gasteiger partial charge on any atom is 0.236 e. The van der Waals surface area contributed by atoms with Crippen LogP contribution < -0.4 is 15.4 Å². The Kier molecular flexibility index (Phi) is 6.78. The number of methoxy groups -OCH3 is 1. The summed E-state index contributed by atoms with van der Waals surface area (Å²) in [6.45, 7) is 7.00. The minimum Gasteiger partial charge on any atom is -0.465 e. The van der Waals surface area contributed by atoms with E-state index in [2.05, 4.69) is 10.6 Å². The molecule has 4 rings (SSSR count). The zero-order valence-corrected chi connectivity index (χ0v) is 21.3. The molecule has 2 aromatic carbocycles. The SMILES string of the molecule is COCCCN1C(=S)N[C@H]2c3cc(Cl)cc(Cl)c3O[C@@]1(C)[C@H]2C(=O)Nc1ccc(C)cc1C. The predicted octanol–water partition coefficient (Wildman–Crippen LogP) is 5.24. The van der Waals surface area contributed by atoms with Crippen LogP contribution in [0.4, 0.5) is 5.69 Å². The fourth-order valence-corrected chi connectivity index (χ4v) is 5.67. The molecule has 0 aromatic heterocycles. The molecule has 0 unspecified atom stereocenters. The Bertz CT molecular complexity index is 1110. The Labute approximate surface area is 209 Å². The number of carbonyl (C=O) groups excluding carboxylic acids is 1. The number of halogens is 2. The fraction of sp³-hybridized carbons (Fsp3) is 0.417. The molecule has 0 aliphatic carbocycles. The summed E-state index contributed by atoms with van der Waals surface area (Å²) in [5.41, 5.74) is 2.53. The third kappa shape index (κ3) is 4.39. The summed E-state index contributed by atoms with van der Waals surface area (Å²) in [6, 6.07) is 8.90. The molecule has 2 aliphatic rings. The van der Waals surface area contributed by atoms with Gasteiger partial charge in [-0.2, -0.15) is 0 Å². The maximum atomic E-state index is 13.8. The fourth-order valence-electron chi connectivity index (χ4n) is 4.72. The first kappa shape index (κ1) is 24.1. The number of carbonyl (C=O) groups is 1. The number of aryl methyl sites for hydroxylation is 2. The molecule has 1 amide bonds. The van der Waals surface area contributed by atoms with Crippen LogP contribution in [0.5, 0.6) is 5.75 Å². The number of nitrogens with zero attached hydrogens (tertiary/aromatic N) is 1. The van der Waals surface area contributed by atoms with E-state index in [0.29, 0.717) is 46.0 Å². The molecule has 1 saturated heterocycles. The first-order valence-corrected chi connectivity index (χ1v) is 11.9. The van der Waals surface area contributed by atoms with E-state index in [0.717, 1.165) is 16.8 Å². The molecule has 9 heteroatoms. The van der Waals surface area contributed by atoms with Crippen molar-refractivity contribution in [2.24, 2.45) is 5.92 Å².